The molecule has 6 heteroatoms. The number of imidazole rings is 1. The standard InChI is InChI=1S/C11H9N3O3/c1-14-8-4-6(7-5-12-10(15)13-7)2-3-9(8)17-11(14)16/h2-5H,1H3,(H2,12,13,15). The second-order valence-corrected chi connectivity index (χ2v) is 3.77. The van der Waals surface area contributed by atoms with Crippen molar-refractivity contribution in [2.75, 3.05) is 0 Å². The van der Waals surface area contributed by atoms with E-state index in [1.165, 1.54) is 4.57 Å². The van der Waals surface area contributed by atoms with E-state index >= 15 is 0 Å². The third-order valence-electron chi connectivity index (χ3n) is 2.70. The quantitative estimate of drug-likeness (QED) is 0.650. The Kier molecular flexibility index (Phi) is 1.85. The van der Waals surface area contributed by atoms with Crippen molar-refractivity contribution in [3.63, 3.8) is 0 Å². The maximum atomic E-state index is 11.3. The molecular weight excluding hydrogens is 222 g/mol. The first-order valence-corrected chi connectivity index (χ1v) is 5.03. The highest BCUT2D eigenvalue weighted by Gasteiger charge is 2.08. The molecule has 0 aliphatic heterocycles. The summed E-state index contributed by atoms with van der Waals surface area (Å²) in [5.41, 5.74) is 2.44. The van der Waals surface area contributed by atoms with Crippen LogP contribution in [0.15, 0.2) is 38.4 Å². The monoisotopic (exact) mass is 231 g/mol. The average molecular weight is 231 g/mol. The van der Waals surface area contributed by atoms with Gasteiger partial charge >= 0.3 is 11.4 Å². The molecule has 3 rings (SSSR count). The first-order chi connectivity index (χ1) is 8.15. The van der Waals surface area contributed by atoms with E-state index in [0.717, 1.165) is 5.56 Å². The highest BCUT2D eigenvalue weighted by Crippen LogP contribution is 2.20. The SMILES string of the molecule is Cn1c(=O)oc2ccc(-c3c[nH]c(=O)[nH]3)cc21. The van der Waals surface area contributed by atoms with Crippen LogP contribution in [0.4, 0.5) is 0 Å². The summed E-state index contributed by atoms with van der Waals surface area (Å²) in [7, 11) is 1.64. The summed E-state index contributed by atoms with van der Waals surface area (Å²) in [5.74, 6) is -0.403. The van der Waals surface area contributed by atoms with Gasteiger partial charge in [-0.15, -0.1) is 0 Å². The number of benzene rings is 1. The van der Waals surface area contributed by atoms with Gasteiger partial charge in [0, 0.05) is 18.8 Å². The molecule has 0 amide bonds. The Balaban J connectivity index is 2.29. The summed E-state index contributed by atoms with van der Waals surface area (Å²) in [6, 6.07) is 5.28. The lowest BCUT2D eigenvalue weighted by Gasteiger charge is -1.97. The lowest BCUT2D eigenvalue weighted by Crippen LogP contribution is -2.08. The molecular formula is C11H9N3O3. The molecule has 0 saturated carbocycles. The highest BCUT2D eigenvalue weighted by atomic mass is 16.4. The topological polar surface area (TPSA) is 83.8 Å². The van der Waals surface area contributed by atoms with Crippen LogP contribution in [-0.2, 0) is 7.05 Å². The van der Waals surface area contributed by atoms with E-state index in [2.05, 4.69) is 9.97 Å². The molecule has 0 saturated heterocycles. The molecule has 0 radical (unpaired) electrons. The molecule has 2 N–H and O–H groups in total. The molecule has 0 aliphatic rings. The van der Waals surface area contributed by atoms with E-state index in [9.17, 15) is 9.59 Å². The van der Waals surface area contributed by atoms with Gasteiger partial charge in [0.05, 0.1) is 11.2 Å². The van der Waals surface area contributed by atoms with E-state index in [-0.39, 0.29) is 5.69 Å². The summed E-state index contributed by atoms with van der Waals surface area (Å²) in [5, 5.41) is 0. The molecule has 6 nitrogen and oxygen atoms in total. The van der Waals surface area contributed by atoms with Crippen LogP contribution in [0.2, 0.25) is 0 Å². The number of hydrogen-bond acceptors (Lipinski definition) is 3. The van der Waals surface area contributed by atoms with Crippen LogP contribution in [0.1, 0.15) is 0 Å². The number of nitrogens with one attached hydrogen (secondary N) is 2. The number of H-pyrrole nitrogens is 2. The number of aromatic amines is 2. The molecule has 2 heterocycles. The third-order valence-corrected chi connectivity index (χ3v) is 2.70. The van der Waals surface area contributed by atoms with E-state index in [1.807, 2.05) is 0 Å². The van der Waals surface area contributed by atoms with Crippen molar-refractivity contribution in [1.29, 1.82) is 0 Å². The van der Waals surface area contributed by atoms with Gasteiger partial charge in [-0.3, -0.25) is 4.57 Å². The van der Waals surface area contributed by atoms with Gasteiger partial charge in [-0.1, -0.05) is 0 Å². The Bertz CT molecular complexity index is 803. The molecule has 2 aromatic heterocycles. The van der Waals surface area contributed by atoms with Crippen LogP contribution in [0, 0.1) is 0 Å². The zero-order valence-corrected chi connectivity index (χ0v) is 8.98. The van der Waals surface area contributed by atoms with Crippen molar-refractivity contribution < 1.29 is 4.42 Å². The van der Waals surface area contributed by atoms with Crippen LogP contribution in [-0.4, -0.2) is 14.5 Å². The predicted molar refractivity (Wildman–Crippen MR) is 61.9 cm³/mol. The van der Waals surface area contributed by atoms with Crippen molar-refractivity contribution in [3.05, 3.63) is 45.4 Å². The second kappa shape index (κ2) is 3.24. The molecule has 3 aromatic rings. The Labute approximate surface area is 94.5 Å². The highest BCUT2D eigenvalue weighted by molar-refractivity contribution is 5.79. The maximum Gasteiger partial charge on any atom is 0.419 e. The van der Waals surface area contributed by atoms with Gasteiger partial charge in [0.2, 0.25) is 0 Å². The minimum Gasteiger partial charge on any atom is -0.408 e. The molecule has 86 valence electrons. The van der Waals surface area contributed by atoms with E-state index in [1.54, 1.807) is 31.4 Å². The van der Waals surface area contributed by atoms with E-state index in [4.69, 9.17) is 4.42 Å². The molecule has 1 aromatic carbocycles. The molecule has 0 spiro atoms. The number of hydrogen-bond donors (Lipinski definition) is 2. The van der Waals surface area contributed by atoms with Crippen LogP contribution in [0.5, 0.6) is 0 Å². The summed E-state index contributed by atoms with van der Waals surface area (Å²) >= 11 is 0. The number of aryl methyl sites for hydroxylation is 1. The average Bonchev–Trinajstić information content (AvgIpc) is 2.85. The van der Waals surface area contributed by atoms with Gasteiger partial charge in [0.15, 0.2) is 5.58 Å². The van der Waals surface area contributed by atoms with Gasteiger partial charge < -0.3 is 14.4 Å². The number of aromatic nitrogens is 3. The largest absolute Gasteiger partial charge is 0.419 e. The lowest BCUT2D eigenvalue weighted by molar-refractivity contribution is 0.528. The Morgan fingerprint density at radius 2 is 2.12 bits per heavy atom. The second-order valence-electron chi connectivity index (χ2n) is 3.77. The van der Waals surface area contributed by atoms with Crippen molar-refractivity contribution in [2.45, 2.75) is 0 Å². The number of oxazole rings is 1. The van der Waals surface area contributed by atoms with Crippen molar-refractivity contribution in [1.82, 2.24) is 14.5 Å². The number of rotatable bonds is 1. The minimum atomic E-state index is -0.403. The molecule has 17 heavy (non-hydrogen) atoms. The Morgan fingerprint density at radius 3 is 2.82 bits per heavy atom. The first-order valence-electron chi connectivity index (χ1n) is 5.03. The fourth-order valence-electron chi connectivity index (χ4n) is 1.78. The van der Waals surface area contributed by atoms with E-state index in [0.29, 0.717) is 16.8 Å². The smallest absolute Gasteiger partial charge is 0.408 e. The Morgan fingerprint density at radius 1 is 1.29 bits per heavy atom. The summed E-state index contributed by atoms with van der Waals surface area (Å²) in [6.45, 7) is 0. The van der Waals surface area contributed by atoms with Gasteiger partial charge in [-0.2, -0.15) is 0 Å². The van der Waals surface area contributed by atoms with Crippen LogP contribution in [0.25, 0.3) is 22.4 Å². The fourth-order valence-corrected chi connectivity index (χ4v) is 1.78. The van der Waals surface area contributed by atoms with Crippen molar-refractivity contribution >= 4 is 11.1 Å². The summed E-state index contributed by atoms with van der Waals surface area (Å²) in [6.07, 6.45) is 1.59. The molecule has 0 unspecified atom stereocenters. The fraction of sp³-hybridized carbons (Fsp3) is 0.0909. The number of fused-ring (bicyclic) bond motifs is 1. The zero-order valence-electron chi connectivity index (χ0n) is 8.98. The van der Waals surface area contributed by atoms with Gasteiger partial charge in [-0.05, 0) is 18.2 Å². The number of nitrogens with zero attached hydrogens (tertiary/aromatic N) is 1. The third kappa shape index (κ3) is 1.42. The molecule has 0 fully saturated rings. The normalized spacial score (nSPS) is 11.1. The zero-order chi connectivity index (χ0) is 12.0. The summed E-state index contributed by atoms with van der Waals surface area (Å²) < 4.78 is 6.44. The molecule has 0 bridgehead atoms. The summed E-state index contributed by atoms with van der Waals surface area (Å²) in [4.78, 5) is 27.5. The minimum absolute atomic E-state index is 0.263. The van der Waals surface area contributed by atoms with Crippen LogP contribution in [0.3, 0.4) is 0 Å². The molecule has 0 aliphatic carbocycles. The lowest BCUT2D eigenvalue weighted by atomic mass is 10.1. The maximum absolute atomic E-state index is 11.3. The molecule has 0 atom stereocenters. The Hall–Kier alpha value is -2.50. The van der Waals surface area contributed by atoms with Gasteiger partial charge in [0.25, 0.3) is 0 Å². The van der Waals surface area contributed by atoms with Crippen LogP contribution < -0.4 is 11.4 Å². The van der Waals surface area contributed by atoms with E-state index < -0.39 is 5.76 Å². The predicted octanol–water partition coefficient (Wildman–Crippen LogP) is 0.815. The van der Waals surface area contributed by atoms with Gasteiger partial charge in [-0.25, -0.2) is 9.59 Å². The van der Waals surface area contributed by atoms with Crippen molar-refractivity contribution in [2.24, 2.45) is 7.05 Å². The first kappa shape index (κ1) is 9.71. The van der Waals surface area contributed by atoms with Gasteiger partial charge in [0.1, 0.15) is 0 Å². The van der Waals surface area contributed by atoms with Crippen LogP contribution >= 0.6 is 0 Å². The van der Waals surface area contributed by atoms with Crippen molar-refractivity contribution in [3.8, 4) is 11.3 Å².